The lowest BCUT2D eigenvalue weighted by atomic mass is 9.94. The van der Waals surface area contributed by atoms with E-state index in [9.17, 15) is 14.7 Å². The summed E-state index contributed by atoms with van der Waals surface area (Å²) >= 11 is 8.69. The molecule has 0 spiro atoms. The van der Waals surface area contributed by atoms with Crippen LogP contribution in [0.2, 0.25) is 5.02 Å². The number of aryl methyl sites for hydroxylation is 1. The maximum atomic E-state index is 13.8. The second kappa shape index (κ2) is 10.9. The summed E-state index contributed by atoms with van der Waals surface area (Å²) in [6.07, 6.45) is 0.837. The number of aliphatic hydroxyl groups excluding tert-OH is 1. The molecular weight excluding hydrogens is 566 g/mol. The number of rotatable bonds is 8. The normalized spacial score (nSPS) is 15.4. The van der Waals surface area contributed by atoms with Gasteiger partial charge in [-0.05, 0) is 47.4 Å². The highest BCUT2D eigenvalue weighted by Crippen LogP contribution is 2.44. The first kappa shape index (κ1) is 26.3. The maximum Gasteiger partial charge on any atom is 0.296 e. The number of amides is 1. The van der Waals surface area contributed by atoms with E-state index in [1.54, 1.807) is 12.1 Å². The first-order valence-electron chi connectivity index (χ1n) is 12.5. The van der Waals surface area contributed by atoms with Gasteiger partial charge in [0, 0.05) is 16.2 Å². The van der Waals surface area contributed by atoms with Crippen molar-refractivity contribution in [2.45, 2.75) is 29.5 Å². The molecule has 1 aliphatic rings. The molecule has 3 aromatic carbocycles. The Morgan fingerprint density at radius 2 is 1.77 bits per heavy atom. The van der Waals surface area contributed by atoms with Gasteiger partial charge in [0.05, 0.1) is 11.6 Å². The van der Waals surface area contributed by atoms with Crippen molar-refractivity contribution < 1.29 is 19.1 Å². The molecule has 1 atom stereocenters. The quantitative estimate of drug-likeness (QED) is 0.114. The molecule has 0 radical (unpaired) electrons. The van der Waals surface area contributed by atoms with Gasteiger partial charge in [-0.2, -0.15) is 0 Å². The van der Waals surface area contributed by atoms with Crippen LogP contribution in [0.4, 0.5) is 5.13 Å². The summed E-state index contributed by atoms with van der Waals surface area (Å²) in [6.45, 7) is 2.05. The number of hydrogen-bond acceptors (Lipinski definition) is 8. The number of nitrogens with zero attached hydrogens (tertiary/aromatic N) is 3. The smallest absolute Gasteiger partial charge is 0.296 e. The first-order valence-corrected chi connectivity index (χ1v) is 14.7. The van der Waals surface area contributed by atoms with Gasteiger partial charge < -0.3 is 9.52 Å². The molecule has 5 aromatic rings. The molecule has 0 bridgehead atoms. The number of carbonyl (C=O) groups is 2. The molecule has 40 heavy (non-hydrogen) atoms. The number of thioether (sulfide) groups is 1. The van der Waals surface area contributed by atoms with E-state index < -0.39 is 23.5 Å². The van der Waals surface area contributed by atoms with E-state index in [4.69, 9.17) is 16.0 Å². The van der Waals surface area contributed by atoms with Gasteiger partial charge in [0.1, 0.15) is 5.58 Å². The van der Waals surface area contributed by atoms with Gasteiger partial charge in [0.25, 0.3) is 5.91 Å². The average Bonchev–Trinajstić information content (AvgIpc) is 3.69. The maximum absolute atomic E-state index is 13.8. The van der Waals surface area contributed by atoms with Crippen LogP contribution in [-0.4, -0.2) is 27.0 Å². The predicted octanol–water partition coefficient (Wildman–Crippen LogP) is 7.58. The van der Waals surface area contributed by atoms with Crippen LogP contribution < -0.4 is 4.90 Å². The zero-order chi connectivity index (χ0) is 27.8. The number of benzene rings is 3. The van der Waals surface area contributed by atoms with Crippen LogP contribution in [0.3, 0.4) is 0 Å². The van der Waals surface area contributed by atoms with Gasteiger partial charge in [-0.15, -0.1) is 10.2 Å². The van der Waals surface area contributed by atoms with E-state index in [1.165, 1.54) is 28.0 Å². The average molecular weight is 588 g/mol. The van der Waals surface area contributed by atoms with Crippen molar-refractivity contribution in [1.29, 1.82) is 0 Å². The Kier molecular flexibility index (Phi) is 7.18. The highest BCUT2D eigenvalue weighted by molar-refractivity contribution is 8.00. The van der Waals surface area contributed by atoms with Crippen molar-refractivity contribution in [3.8, 4) is 0 Å². The van der Waals surface area contributed by atoms with Crippen LogP contribution in [0, 0.1) is 0 Å². The number of Topliss-reactive ketones (excluding diaryl/α,β-unsaturated/α-hetero) is 1. The topological polar surface area (TPSA) is 96.5 Å². The van der Waals surface area contributed by atoms with Gasteiger partial charge in [-0.25, -0.2) is 0 Å². The minimum atomic E-state index is -0.902. The summed E-state index contributed by atoms with van der Waals surface area (Å²) in [7, 11) is 0. The Labute approximate surface area is 243 Å². The number of carbonyl (C=O) groups excluding carboxylic acids is 2. The largest absolute Gasteiger partial charge is 0.503 e. The van der Waals surface area contributed by atoms with Crippen LogP contribution in [0.15, 0.2) is 99.0 Å². The van der Waals surface area contributed by atoms with E-state index in [0.29, 0.717) is 26.3 Å². The highest BCUT2D eigenvalue weighted by atomic mass is 35.5. The number of furan rings is 1. The third-order valence-corrected chi connectivity index (χ3v) is 9.06. The van der Waals surface area contributed by atoms with Gasteiger partial charge in [0.15, 0.2) is 15.9 Å². The molecular formula is C30H22ClN3O4S2. The molecule has 200 valence electrons. The Hall–Kier alpha value is -3.92. The van der Waals surface area contributed by atoms with Crippen LogP contribution in [0.1, 0.15) is 40.2 Å². The summed E-state index contributed by atoms with van der Waals surface area (Å²) in [4.78, 5) is 28.7. The van der Waals surface area contributed by atoms with Crippen molar-refractivity contribution in [3.05, 3.63) is 118 Å². The lowest BCUT2D eigenvalue weighted by molar-refractivity contribution is -0.117. The van der Waals surface area contributed by atoms with E-state index in [2.05, 4.69) is 10.2 Å². The molecule has 0 aliphatic carbocycles. The van der Waals surface area contributed by atoms with E-state index in [-0.39, 0.29) is 16.5 Å². The zero-order valence-corrected chi connectivity index (χ0v) is 23.6. The number of para-hydroxylation sites is 1. The van der Waals surface area contributed by atoms with Crippen LogP contribution in [0.25, 0.3) is 11.0 Å². The molecule has 2 aromatic heterocycles. The van der Waals surface area contributed by atoms with Gasteiger partial charge in [-0.3, -0.25) is 14.5 Å². The number of fused-ring (bicyclic) bond motifs is 1. The van der Waals surface area contributed by atoms with Crippen molar-refractivity contribution in [3.63, 3.8) is 0 Å². The SMILES string of the molecule is CCc1ccc([C@@H]2C(C(=O)c3cc4ccccc4o3)=C(O)C(=O)N2c2nnc(SCc3ccc(Cl)cc3)s2)cc1. The Morgan fingerprint density at radius 3 is 2.50 bits per heavy atom. The summed E-state index contributed by atoms with van der Waals surface area (Å²) in [5.41, 5.74) is 3.33. The fraction of sp³-hybridized carbons (Fsp3) is 0.133. The van der Waals surface area contributed by atoms with Gasteiger partial charge in [-0.1, -0.05) is 96.2 Å². The summed E-state index contributed by atoms with van der Waals surface area (Å²) < 4.78 is 6.46. The van der Waals surface area contributed by atoms with Crippen molar-refractivity contribution >= 4 is 62.5 Å². The van der Waals surface area contributed by atoms with Gasteiger partial charge >= 0.3 is 0 Å². The Balaban J connectivity index is 1.36. The third-order valence-electron chi connectivity index (χ3n) is 6.68. The Bertz CT molecular complexity index is 1730. The molecule has 0 unspecified atom stereocenters. The standard InChI is InChI=1S/C30H22ClN3O4S2/c1-2-17-7-11-19(12-8-17)25-24(26(35)23-15-20-5-3-4-6-22(20)38-23)27(36)28(37)34(25)29-32-33-30(40-29)39-16-18-9-13-21(31)14-10-18/h3-15,25,36H,2,16H2,1H3/t25-/m1/s1. The highest BCUT2D eigenvalue weighted by Gasteiger charge is 2.46. The molecule has 0 saturated carbocycles. The second-order valence-electron chi connectivity index (χ2n) is 9.18. The Morgan fingerprint density at radius 1 is 1.05 bits per heavy atom. The van der Waals surface area contributed by atoms with E-state index >= 15 is 0 Å². The number of halogens is 1. The summed E-state index contributed by atoms with van der Waals surface area (Å²) in [5, 5.41) is 21.3. The molecule has 0 saturated heterocycles. The number of aromatic nitrogens is 2. The molecule has 0 fully saturated rings. The number of anilines is 1. The molecule has 7 nitrogen and oxygen atoms in total. The lowest BCUT2D eigenvalue weighted by Gasteiger charge is -2.24. The third kappa shape index (κ3) is 4.92. The molecule has 1 amide bonds. The first-order chi connectivity index (χ1) is 19.4. The number of ketones is 1. The minimum Gasteiger partial charge on any atom is -0.503 e. The fourth-order valence-electron chi connectivity index (χ4n) is 4.60. The minimum absolute atomic E-state index is 0.0454. The van der Waals surface area contributed by atoms with E-state index in [1.807, 2.05) is 73.7 Å². The molecule has 10 heteroatoms. The zero-order valence-electron chi connectivity index (χ0n) is 21.2. The van der Waals surface area contributed by atoms with Crippen molar-refractivity contribution in [1.82, 2.24) is 10.2 Å². The fourth-order valence-corrected chi connectivity index (χ4v) is 6.55. The van der Waals surface area contributed by atoms with Crippen LogP contribution >= 0.6 is 34.7 Å². The molecule has 1 N–H and O–H groups in total. The molecule has 6 rings (SSSR count). The summed E-state index contributed by atoms with van der Waals surface area (Å²) in [6, 6.07) is 23.1. The van der Waals surface area contributed by atoms with Crippen LogP contribution in [0.5, 0.6) is 0 Å². The van der Waals surface area contributed by atoms with Crippen LogP contribution in [-0.2, 0) is 17.0 Å². The van der Waals surface area contributed by atoms with Gasteiger partial charge in [0.2, 0.25) is 10.9 Å². The monoisotopic (exact) mass is 587 g/mol. The second-order valence-corrected chi connectivity index (χ2v) is 11.8. The van der Waals surface area contributed by atoms with E-state index in [0.717, 1.165) is 22.9 Å². The number of hydrogen-bond donors (Lipinski definition) is 1. The molecule has 1 aliphatic heterocycles. The molecule has 3 heterocycles. The van der Waals surface area contributed by atoms with Crippen molar-refractivity contribution in [2.75, 3.05) is 4.90 Å². The predicted molar refractivity (Wildman–Crippen MR) is 157 cm³/mol. The number of aliphatic hydroxyl groups is 1. The summed E-state index contributed by atoms with van der Waals surface area (Å²) in [5.74, 6) is -1.21. The van der Waals surface area contributed by atoms with Crippen molar-refractivity contribution in [2.24, 2.45) is 0 Å². The lowest BCUT2D eigenvalue weighted by Crippen LogP contribution is -2.31.